The molecule has 0 unspecified atom stereocenters. The summed E-state index contributed by atoms with van der Waals surface area (Å²) in [5.74, 6) is -0.155. The predicted molar refractivity (Wildman–Crippen MR) is 142 cm³/mol. The second-order valence-electron chi connectivity index (χ2n) is 7.62. The van der Waals surface area contributed by atoms with Crippen LogP contribution in [0.15, 0.2) is 77.7 Å². The van der Waals surface area contributed by atoms with E-state index >= 15 is 0 Å². The lowest BCUT2D eigenvalue weighted by atomic mass is 10.1. The quantitative estimate of drug-likeness (QED) is 0.262. The maximum atomic E-state index is 12.5. The smallest absolute Gasteiger partial charge is 0.255 e. The van der Waals surface area contributed by atoms with Crippen molar-refractivity contribution in [3.05, 3.63) is 93.8 Å². The third kappa shape index (κ3) is 6.26. The largest absolute Gasteiger partial charge is 0.322 e. The van der Waals surface area contributed by atoms with E-state index in [-0.39, 0.29) is 17.6 Å². The molecule has 4 aromatic rings. The van der Waals surface area contributed by atoms with Gasteiger partial charge in [0.2, 0.25) is 5.91 Å². The lowest BCUT2D eigenvalue weighted by Crippen LogP contribution is -2.14. The van der Waals surface area contributed by atoms with Crippen LogP contribution in [-0.2, 0) is 4.79 Å². The van der Waals surface area contributed by atoms with E-state index in [0.29, 0.717) is 21.4 Å². The first-order chi connectivity index (χ1) is 16.4. The van der Waals surface area contributed by atoms with Crippen LogP contribution in [0.3, 0.4) is 0 Å². The van der Waals surface area contributed by atoms with E-state index in [9.17, 15) is 9.59 Å². The summed E-state index contributed by atoms with van der Waals surface area (Å²) >= 11 is 8.82. The number of nitrogens with one attached hydrogen (secondary N) is 2. The zero-order valence-corrected chi connectivity index (χ0v) is 21.0. The maximum absolute atomic E-state index is 12.5. The Morgan fingerprint density at radius 2 is 1.74 bits per heavy atom. The van der Waals surface area contributed by atoms with E-state index in [1.54, 1.807) is 30.3 Å². The Labute approximate surface area is 211 Å². The number of amides is 2. The number of aromatic nitrogens is 1. The van der Waals surface area contributed by atoms with Gasteiger partial charge < -0.3 is 10.6 Å². The van der Waals surface area contributed by atoms with Gasteiger partial charge in [-0.05, 0) is 50.2 Å². The minimum atomic E-state index is -0.245. The SMILES string of the molecule is Cc1ccc(-c2nc(NC(=O)CSc3cccc(NC(=O)c4cccc(Cl)c4)c3)sc2C)cc1. The summed E-state index contributed by atoms with van der Waals surface area (Å²) in [7, 11) is 0. The fraction of sp³-hybridized carbons (Fsp3) is 0.115. The number of hydrogen-bond donors (Lipinski definition) is 2. The molecular formula is C26H22ClN3O2S2. The minimum Gasteiger partial charge on any atom is -0.322 e. The Balaban J connectivity index is 1.34. The predicted octanol–water partition coefficient (Wildman–Crippen LogP) is 7.06. The number of aryl methyl sites for hydroxylation is 2. The molecule has 0 saturated heterocycles. The number of anilines is 2. The molecule has 0 atom stereocenters. The van der Waals surface area contributed by atoms with E-state index in [1.165, 1.54) is 28.7 Å². The van der Waals surface area contributed by atoms with Crippen molar-refractivity contribution in [1.82, 2.24) is 4.98 Å². The maximum Gasteiger partial charge on any atom is 0.255 e. The Morgan fingerprint density at radius 1 is 0.971 bits per heavy atom. The highest BCUT2D eigenvalue weighted by atomic mass is 35.5. The Morgan fingerprint density at radius 3 is 2.50 bits per heavy atom. The number of carbonyl (C=O) groups is 2. The second kappa shape index (κ2) is 10.9. The normalized spacial score (nSPS) is 10.7. The number of rotatable bonds is 7. The summed E-state index contributed by atoms with van der Waals surface area (Å²) in [5, 5.41) is 6.84. The molecule has 34 heavy (non-hydrogen) atoms. The molecule has 2 N–H and O–H groups in total. The van der Waals surface area contributed by atoms with Crippen LogP contribution in [0.2, 0.25) is 5.02 Å². The molecule has 1 heterocycles. The lowest BCUT2D eigenvalue weighted by Gasteiger charge is -2.08. The number of benzene rings is 3. The van der Waals surface area contributed by atoms with Gasteiger partial charge in [-0.2, -0.15) is 0 Å². The fourth-order valence-corrected chi connectivity index (χ4v) is 5.03. The molecular weight excluding hydrogens is 486 g/mol. The van der Waals surface area contributed by atoms with Crippen molar-refractivity contribution in [2.45, 2.75) is 18.7 Å². The van der Waals surface area contributed by atoms with Crippen LogP contribution in [0.25, 0.3) is 11.3 Å². The van der Waals surface area contributed by atoms with Gasteiger partial charge in [0, 0.05) is 31.6 Å². The van der Waals surface area contributed by atoms with Crippen molar-refractivity contribution in [2.24, 2.45) is 0 Å². The molecule has 0 aliphatic heterocycles. The fourth-order valence-electron chi connectivity index (χ4n) is 3.23. The first-order valence-corrected chi connectivity index (χ1v) is 12.7. The summed E-state index contributed by atoms with van der Waals surface area (Å²) in [6.07, 6.45) is 0. The number of thiazole rings is 1. The molecule has 0 saturated carbocycles. The van der Waals surface area contributed by atoms with Gasteiger partial charge in [0.15, 0.2) is 5.13 Å². The van der Waals surface area contributed by atoms with Gasteiger partial charge in [0.25, 0.3) is 5.91 Å². The van der Waals surface area contributed by atoms with Crippen LogP contribution in [-0.4, -0.2) is 22.6 Å². The Kier molecular flexibility index (Phi) is 7.67. The van der Waals surface area contributed by atoms with Gasteiger partial charge in [-0.15, -0.1) is 23.1 Å². The number of nitrogens with zero attached hydrogens (tertiary/aromatic N) is 1. The summed E-state index contributed by atoms with van der Waals surface area (Å²) < 4.78 is 0. The van der Waals surface area contributed by atoms with Crippen molar-refractivity contribution in [3.8, 4) is 11.3 Å². The number of halogens is 1. The molecule has 1 aromatic heterocycles. The van der Waals surface area contributed by atoms with Crippen molar-refractivity contribution < 1.29 is 9.59 Å². The molecule has 0 aliphatic carbocycles. The number of carbonyl (C=O) groups excluding carboxylic acids is 2. The van der Waals surface area contributed by atoms with Gasteiger partial charge in [-0.3, -0.25) is 9.59 Å². The zero-order valence-electron chi connectivity index (χ0n) is 18.6. The average molecular weight is 508 g/mol. The van der Waals surface area contributed by atoms with Gasteiger partial charge >= 0.3 is 0 Å². The van der Waals surface area contributed by atoms with Crippen LogP contribution in [0.5, 0.6) is 0 Å². The van der Waals surface area contributed by atoms with Crippen LogP contribution in [0.1, 0.15) is 20.8 Å². The lowest BCUT2D eigenvalue weighted by molar-refractivity contribution is -0.113. The Bertz CT molecular complexity index is 1340. The summed E-state index contributed by atoms with van der Waals surface area (Å²) in [6.45, 7) is 4.05. The van der Waals surface area contributed by atoms with Crippen LogP contribution in [0.4, 0.5) is 10.8 Å². The topological polar surface area (TPSA) is 71.1 Å². The third-order valence-corrected chi connectivity index (χ3v) is 7.03. The number of hydrogen-bond acceptors (Lipinski definition) is 5. The molecule has 2 amide bonds. The summed E-state index contributed by atoms with van der Waals surface area (Å²) in [6, 6.07) is 22.3. The monoisotopic (exact) mass is 507 g/mol. The molecule has 0 radical (unpaired) electrons. The molecule has 0 aliphatic rings. The van der Waals surface area contributed by atoms with Gasteiger partial charge in [0.1, 0.15) is 0 Å². The molecule has 4 rings (SSSR count). The second-order valence-corrected chi connectivity index (χ2v) is 10.3. The van der Waals surface area contributed by atoms with Crippen LogP contribution < -0.4 is 10.6 Å². The molecule has 5 nitrogen and oxygen atoms in total. The molecule has 0 bridgehead atoms. The summed E-state index contributed by atoms with van der Waals surface area (Å²) in [5.41, 5.74) is 4.24. The van der Waals surface area contributed by atoms with Gasteiger partial charge in [0.05, 0.1) is 11.4 Å². The van der Waals surface area contributed by atoms with Crippen molar-refractivity contribution in [2.75, 3.05) is 16.4 Å². The molecule has 8 heteroatoms. The molecule has 172 valence electrons. The minimum absolute atomic E-state index is 0.137. The molecule has 0 fully saturated rings. The summed E-state index contributed by atoms with van der Waals surface area (Å²) in [4.78, 5) is 31.5. The highest BCUT2D eigenvalue weighted by molar-refractivity contribution is 8.00. The molecule has 3 aromatic carbocycles. The highest BCUT2D eigenvalue weighted by Crippen LogP contribution is 2.31. The standard InChI is InChI=1S/C26H22ClN3O2S2/c1-16-9-11-18(12-10-16)24-17(2)34-26(30-24)29-23(31)15-33-22-8-4-7-21(14-22)28-25(32)19-5-3-6-20(27)13-19/h3-14H,15H2,1-2H3,(H,28,32)(H,29,30,31). The van der Waals surface area contributed by atoms with E-state index in [0.717, 1.165) is 21.0 Å². The van der Waals surface area contributed by atoms with Gasteiger partial charge in [-0.25, -0.2) is 4.98 Å². The third-order valence-electron chi connectivity index (χ3n) is 4.92. The van der Waals surface area contributed by atoms with E-state index < -0.39 is 0 Å². The average Bonchev–Trinajstić information content (AvgIpc) is 3.18. The van der Waals surface area contributed by atoms with E-state index in [1.807, 2.05) is 44.2 Å². The highest BCUT2D eigenvalue weighted by Gasteiger charge is 2.13. The molecule has 0 spiro atoms. The van der Waals surface area contributed by atoms with Gasteiger partial charge in [-0.1, -0.05) is 53.6 Å². The van der Waals surface area contributed by atoms with Crippen molar-refractivity contribution in [3.63, 3.8) is 0 Å². The van der Waals surface area contributed by atoms with Crippen molar-refractivity contribution >= 4 is 57.3 Å². The van der Waals surface area contributed by atoms with Crippen LogP contribution >= 0.6 is 34.7 Å². The van der Waals surface area contributed by atoms with E-state index in [4.69, 9.17) is 11.6 Å². The number of thioether (sulfide) groups is 1. The Hall–Kier alpha value is -3.13. The first-order valence-electron chi connectivity index (χ1n) is 10.5. The van der Waals surface area contributed by atoms with E-state index in [2.05, 4.69) is 27.8 Å². The zero-order chi connectivity index (χ0) is 24.1. The van der Waals surface area contributed by atoms with Crippen LogP contribution in [0, 0.1) is 13.8 Å². The van der Waals surface area contributed by atoms with Crippen molar-refractivity contribution in [1.29, 1.82) is 0 Å². The first kappa shape index (κ1) is 24.0.